The summed E-state index contributed by atoms with van der Waals surface area (Å²) in [7, 11) is 4.79. The molecule has 0 saturated heterocycles. The van der Waals surface area contributed by atoms with Gasteiger partial charge < -0.3 is 25.3 Å². The molecule has 3 rings (SSSR count). The standard InChI is InChI=1S/C21H32N2O4.ClH/c1-25-17-9-7-13(20(26-2)21(17)27-3)8-10-18(24)23-19-14-5-4-6-15(19)12-16(22)11-14;/h7,9,14-16,19H,4-6,8,10-12,22H2,1-3H3,(H,23,24);1H. The molecule has 28 heavy (non-hydrogen) atoms. The van der Waals surface area contributed by atoms with E-state index in [-0.39, 0.29) is 18.3 Å². The van der Waals surface area contributed by atoms with Crippen LogP contribution in [0.1, 0.15) is 44.1 Å². The number of carbonyl (C=O) groups is 1. The van der Waals surface area contributed by atoms with E-state index in [1.807, 2.05) is 12.1 Å². The third kappa shape index (κ3) is 4.84. The zero-order valence-corrected chi connectivity index (χ0v) is 17.8. The molecule has 0 aromatic heterocycles. The Kier molecular flexibility index (Phi) is 8.25. The van der Waals surface area contributed by atoms with Gasteiger partial charge in [-0.3, -0.25) is 4.79 Å². The minimum atomic E-state index is 0. The van der Waals surface area contributed by atoms with Gasteiger partial charge in [0, 0.05) is 18.5 Å². The number of fused-ring (bicyclic) bond motifs is 2. The van der Waals surface area contributed by atoms with Gasteiger partial charge in [0.2, 0.25) is 11.7 Å². The van der Waals surface area contributed by atoms with Crippen LogP contribution in [-0.4, -0.2) is 39.3 Å². The molecular weight excluding hydrogens is 380 g/mol. The number of benzene rings is 1. The molecule has 2 saturated carbocycles. The third-order valence-corrected chi connectivity index (χ3v) is 6.11. The molecule has 2 fully saturated rings. The number of nitrogens with one attached hydrogen (secondary N) is 1. The summed E-state index contributed by atoms with van der Waals surface area (Å²) in [5.74, 6) is 2.98. The second-order valence-corrected chi connectivity index (χ2v) is 7.77. The summed E-state index contributed by atoms with van der Waals surface area (Å²) >= 11 is 0. The van der Waals surface area contributed by atoms with E-state index in [1.165, 1.54) is 19.3 Å². The number of halogens is 1. The van der Waals surface area contributed by atoms with Gasteiger partial charge in [0.1, 0.15) is 0 Å². The molecule has 0 radical (unpaired) electrons. The molecule has 3 N–H and O–H groups in total. The van der Waals surface area contributed by atoms with Crippen molar-refractivity contribution < 1.29 is 19.0 Å². The molecule has 0 aliphatic heterocycles. The Labute approximate surface area is 173 Å². The second kappa shape index (κ2) is 10.2. The first kappa shape index (κ1) is 22.6. The fourth-order valence-corrected chi connectivity index (χ4v) is 4.89. The molecular formula is C21H33ClN2O4. The number of hydrogen-bond donors (Lipinski definition) is 2. The number of carbonyl (C=O) groups excluding carboxylic acids is 1. The summed E-state index contributed by atoms with van der Waals surface area (Å²) in [4.78, 5) is 12.6. The molecule has 2 aliphatic carbocycles. The summed E-state index contributed by atoms with van der Waals surface area (Å²) in [6.45, 7) is 0. The fraction of sp³-hybridized carbons (Fsp3) is 0.667. The quantitative estimate of drug-likeness (QED) is 0.719. The molecule has 2 aliphatic rings. The normalized spacial score (nSPS) is 26.0. The smallest absolute Gasteiger partial charge is 0.220 e. The van der Waals surface area contributed by atoms with Crippen LogP contribution in [0, 0.1) is 11.8 Å². The number of ether oxygens (including phenoxy) is 3. The summed E-state index contributed by atoms with van der Waals surface area (Å²) in [6.07, 6.45) is 6.70. The number of aryl methyl sites for hydroxylation is 1. The summed E-state index contributed by atoms with van der Waals surface area (Å²) in [5.41, 5.74) is 7.13. The van der Waals surface area contributed by atoms with Crippen LogP contribution in [0.5, 0.6) is 17.2 Å². The first-order chi connectivity index (χ1) is 13.1. The van der Waals surface area contributed by atoms with Crippen molar-refractivity contribution in [3.05, 3.63) is 17.7 Å². The molecule has 1 aromatic carbocycles. The highest BCUT2D eigenvalue weighted by Crippen LogP contribution is 2.41. The molecule has 2 atom stereocenters. The van der Waals surface area contributed by atoms with E-state index in [0.717, 1.165) is 18.4 Å². The van der Waals surface area contributed by atoms with E-state index in [4.69, 9.17) is 19.9 Å². The highest BCUT2D eigenvalue weighted by molar-refractivity contribution is 5.85. The van der Waals surface area contributed by atoms with Crippen molar-refractivity contribution in [2.24, 2.45) is 17.6 Å². The Bertz CT molecular complexity index is 656. The largest absolute Gasteiger partial charge is 0.493 e. The monoisotopic (exact) mass is 412 g/mol. The highest BCUT2D eigenvalue weighted by atomic mass is 35.5. The van der Waals surface area contributed by atoms with Gasteiger partial charge in [-0.05, 0) is 55.6 Å². The van der Waals surface area contributed by atoms with E-state index in [9.17, 15) is 4.79 Å². The van der Waals surface area contributed by atoms with E-state index in [0.29, 0.717) is 54.0 Å². The van der Waals surface area contributed by atoms with Gasteiger partial charge in [-0.25, -0.2) is 0 Å². The first-order valence-electron chi connectivity index (χ1n) is 9.90. The van der Waals surface area contributed by atoms with Crippen LogP contribution in [0.4, 0.5) is 0 Å². The summed E-state index contributed by atoms with van der Waals surface area (Å²) in [5, 5.41) is 3.31. The molecule has 0 spiro atoms. The van der Waals surface area contributed by atoms with Gasteiger partial charge in [-0.1, -0.05) is 12.5 Å². The van der Waals surface area contributed by atoms with Crippen LogP contribution in [0.25, 0.3) is 0 Å². The Hall–Kier alpha value is -1.66. The van der Waals surface area contributed by atoms with Crippen molar-refractivity contribution in [2.45, 2.75) is 57.0 Å². The summed E-state index contributed by atoms with van der Waals surface area (Å²) < 4.78 is 16.3. The van der Waals surface area contributed by atoms with E-state index >= 15 is 0 Å². The van der Waals surface area contributed by atoms with Crippen molar-refractivity contribution in [2.75, 3.05) is 21.3 Å². The van der Waals surface area contributed by atoms with Crippen LogP contribution in [0.2, 0.25) is 0 Å². The highest BCUT2D eigenvalue weighted by Gasteiger charge is 2.39. The van der Waals surface area contributed by atoms with E-state index in [2.05, 4.69) is 5.32 Å². The topological polar surface area (TPSA) is 82.8 Å². The number of methoxy groups -OCH3 is 3. The van der Waals surface area contributed by atoms with Crippen molar-refractivity contribution in [1.82, 2.24) is 5.32 Å². The summed E-state index contributed by atoms with van der Waals surface area (Å²) in [6, 6.07) is 4.37. The SMILES string of the molecule is COc1ccc(CCC(=O)NC2C3CCCC2CC(N)C3)c(OC)c1OC.Cl. The van der Waals surface area contributed by atoms with Crippen LogP contribution in [-0.2, 0) is 11.2 Å². The van der Waals surface area contributed by atoms with Crippen molar-refractivity contribution in [1.29, 1.82) is 0 Å². The number of hydrogen-bond acceptors (Lipinski definition) is 5. The lowest BCUT2D eigenvalue weighted by atomic mass is 9.67. The van der Waals surface area contributed by atoms with Crippen molar-refractivity contribution in [3.63, 3.8) is 0 Å². The van der Waals surface area contributed by atoms with E-state index in [1.54, 1.807) is 21.3 Å². The lowest BCUT2D eigenvalue weighted by molar-refractivity contribution is -0.123. The third-order valence-electron chi connectivity index (χ3n) is 6.11. The Morgan fingerprint density at radius 2 is 1.71 bits per heavy atom. The van der Waals surface area contributed by atoms with Crippen LogP contribution in [0.3, 0.4) is 0 Å². The van der Waals surface area contributed by atoms with Gasteiger partial charge in [0.15, 0.2) is 11.5 Å². The number of nitrogens with two attached hydrogens (primary N) is 1. The second-order valence-electron chi connectivity index (χ2n) is 7.77. The lowest BCUT2D eigenvalue weighted by Gasteiger charge is -2.45. The predicted octanol–water partition coefficient (Wildman–Crippen LogP) is 3.09. The zero-order chi connectivity index (χ0) is 19.4. The van der Waals surface area contributed by atoms with Gasteiger partial charge in [0.05, 0.1) is 21.3 Å². The molecule has 2 bridgehead atoms. The molecule has 158 valence electrons. The first-order valence-corrected chi connectivity index (χ1v) is 9.90. The Morgan fingerprint density at radius 3 is 2.29 bits per heavy atom. The molecule has 2 unspecified atom stereocenters. The minimum Gasteiger partial charge on any atom is -0.493 e. The van der Waals surface area contributed by atoms with Crippen molar-refractivity contribution in [3.8, 4) is 17.2 Å². The maximum Gasteiger partial charge on any atom is 0.220 e. The van der Waals surface area contributed by atoms with Crippen molar-refractivity contribution >= 4 is 18.3 Å². The molecule has 7 heteroatoms. The lowest BCUT2D eigenvalue weighted by Crippen LogP contribution is -2.53. The zero-order valence-electron chi connectivity index (χ0n) is 17.0. The van der Waals surface area contributed by atoms with Gasteiger partial charge in [-0.15, -0.1) is 12.4 Å². The Morgan fingerprint density at radius 1 is 1.07 bits per heavy atom. The van der Waals surface area contributed by atoms with Crippen LogP contribution >= 0.6 is 12.4 Å². The molecule has 1 aromatic rings. The predicted molar refractivity (Wildman–Crippen MR) is 112 cm³/mol. The maximum absolute atomic E-state index is 12.6. The van der Waals surface area contributed by atoms with Gasteiger partial charge in [-0.2, -0.15) is 0 Å². The van der Waals surface area contributed by atoms with Crippen LogP contribution in [0.15, 0.2) is 12.1 Å². The molecule has 0 heterocycles. The molecule has 1 amide bonds. The maximum atomic E-state index is 12.6. The fourth-order valence-electron chi connectivity index (χ4n) is 4.89. The average molecular weight is 413 g/mol. The van der Waals surface area contributed by atoms with Gasteiger partial charge >= 0.3 is 0 Å². The number of rotatable bonds is 7. The minimum absolute atomic E-state index is 0. The van der Waals surface area contributed by atoms with Crippen LogP contribution < -0.4 is 25.3 Å². The average Bonchev–Trinajstić information content (AvgIpc) is 2.66. The molecule has 6 nitrogen and oxygen atoms in total. The van der Waals surface area contributed by atoms with Gasteiger partial charge in [0.25, 0.3) is 0 Å². The van der Waals surface area contributed by atoms with E-state index < -0.39 is 0 Å². The number of amides is 1. The Balaban J connectivity index is 0.00000280.